The van der Waals surface area contributed by atoms with Gasteiger partial charge in [0.2, 0.25) is 0 Å². The Morgan fingerprint density at radius 3 is 1.90 bits per heavy atom. The third-order valence-corrected chi connectivity index (χ3v) is 3.46. The molecule has 0 aliphatic carbocycles. The van der Waals surface area contributed by atoms with Crippen LogP contribution in [0.5, 0.6) is 0 Å². The Hall–Kier alpha value is -0.770. The number of aliphatic hydroxyl groups is 1. The first kappa shape index (κ1) is 19.2. The van der Waals surface area contributed by atoms with Gasteiger partial charge in [0.1, 0.15) is 0 Å². The summed E-state index contributed by atoms with van der Waals surface area (Å²) in [6.07, 6.45) is 10.1. The number of hydrogen-bond acceptors (Lipinski definition) is 2. The van der Waals surface area contributed by atoms with Gasteiger partial charge in [0.25, 0.3) is 0 Å². The highest BCUT2D eigenvalue weighted by molar-refractivity contribution is 5.74. The van der Waals surface area contributed by atoms with Crippen molar-refractivity contribution in [2.75, 3.05) is 26.2 Å². The van der Waals surface area contributed by atoms with Crippen LogP contribution < -0.4 is 5.32 Å². The lowest BCUT2D eigenvalue weighted by Gasteiger charge is -2.23. The zero-order valence-electron chi connectivity index (χ0n) is 13.5. The maximum Gasteiger partial charge on any atom is 0.317 e. The van der Waals surface area contributed by atoms with Crippen molar-refractivity contribution in [3.8, 4) is 0 Å². The molecule has 0 aliphatic heterocycles. The third-order valence-electron chi connectivity index (χ3n) is 3.46. The first-order valence-electron chi connectivity index (χ1n) is 8.39. The molecule has 2 amide bonds. The molecular weight excluding hydrogens is 252 g/mol. The average Bonchev–Trinajstić information content (AvgIpc) is 2.45. The fourth-order valence-electron chi connectivity index (χ4n) is 2.16. The number of nitrogens with zero attached hydrogens (tertiary/aromatic N) is 1. The van der Waals surface area contributed by atoms with Crippen LogP contribution in [0.3, 0.4) is 0 Å². The van der Waals surface area contributed by atoms with Gasteiger partial charge >= 0.3 is 6.03 Å². The topological polar surface area (TPSA) is 52.6 Å². The van der Waals surface area contributed by atoms with Gasteiger partial charge < -0.3 is 15.3 Å². The van der Waals surface area contributed by atoms with Crippen molar-refractivity contribution in [3.63, 3.8) is 0 Å². The molecule has 2 N–H and O–H groups in total. The molecule has 0 bridgehead atoms. The number of urea groups is 1. The van der Waals surface area contributed by atoms with Gasteiger partial charge in [-0.3, -0.25) is 0 Å². The molecule has 0 heterocycles. The van der Waals surface area contributed by atoms with Gasteiger partial charge in [-0.25, -0.2) is 4.79 Å². The molecule has 0 aromatic rings. The van der Waals surface area contributed by atoms with Crippen LogP contribution in [0.15, 0.2) is 0 Å². The fourth-order valence-corrected chi connectivity index (χ4v) is 2.16. The van der Waals surface area contributed by atoms with E-state index in [0.717, 1.165) is 25.9 Å². The van der Waals surface area contributed by atoms with E-state index >= 15 is 0 Å². The van der Waals surface area contributed by atoms with Gasteiger partial charge in [-0.15, -0.1) is 0 Å². The summed E-state index contributed by atoms with van der Waals surface area (Å²) >= 11 is 0. The second-order valence-corrected chi connectivity index (χ2v) is 5.42. The summed E-state index contributed by atoms with van der Waals surface area (Å²) in [4.78, 5) is 14.0. The van der Waals surface area contributed by atoms with Crippen LogP contribution in [0, 0.1) is 0 Å². The number of rotatable bonds is 13. The van der Waals surface area contributed by atoms with E-state index in [1.54, 1.807) is 0 Å². The summed E-state index contributed by atoms with van der Waals surface area (Å²) in [7, 11) is 0. The van der Waals surface area contributed by atoms with Crippen LogP contribution in [0.1, 0.15) is 71.6 Å². The van der Waals surface area contributed by atoms with E-state index in [4.69, 9.17) is 5.11 Å². The SMILES string of the molecule is CCCCCCN(CCCCCC)C(=O)NCCCO. The Kier molecular flexibility index (Phi) is 14.1. The van der Waals surface area contributed by atoms with E-state index in [2.05, 4.69) is 19.2 Å². The van der Waals surface area contributed by atoms with Crippen molar-refractivity contribution >= 4 is 6.03 Å². The van der Waals surface area contributed by atoms with Gasteiger partial charge in [-0.1, -0.05) is 52.4 Å². The maximum absolute atomic E-state index is 12.1. The molecule has 0 unspecified atom stereocenters. The van der Waals surface area contributed by atoms with Crippen molar-refractivity contribution < 1.29 is 9.90 Å². The zero-order valence-corrected chi connectivity index (χ0v) is 13.5. The van der Waals surface area contributed by atoms with Crippen LogP contribution >= 0.6 is 0 Å². The Labute approximate surface area is 124 Å². The van der Waals surface area contributed by atoms with Crippen molar-refractivity contribution in [1.82, 2.24) is 10.2 Å². The molecule has 0 aromatic carbocycles. The maximum atomic E-state index is 12.1. The van der Waals surface area contributed by atoms with Crippen LogP contribution in [-0.2, 0) is 0 Å². The summed E-state index contributed by atoms with van der Waals surface area (Å²) in [6.45, 7) is 6.81. The summed E-state index contributed by atoms with van der Waals surface area (Å²) in [6, 6.07) is 0.0337. The molecule has 0 fully saturated rings. The lowest BCUT2D eigenvalue weighted by Crippen LogP contribution is -2.41. The highest BCUT2D eigenvalue weighted by Crippen LogP contribution is 2.05. The van der Waals surface area contributed by atoms with E-state index in [1.165, 1.54) is 38.5 Å². The second kappa shape index (κ2) is 14.6. The van der Waals surface area contributed by atoms with Gasteiger partial charge in [-0.05, 0) is 19.3 Å². The van der Waals surface area contributed by atoms with Gasteiger partial charge in [0.05, 0.1) is 0 Å². The summed E-state index contributed by atoms with van der Waals surface area (Å²) in [5, 5.41) is 11.6. The van der Waals surface area contributed by atoms with Crippen molar-refractivity contribution in [1.29, 1.82) is 0 Å². The number of carbonyl (C=O) groups is 1. The van der Waals surface area contributed by atoms with E-state index in [9.17, 15) is 4.79 Å². The van der Waals surface area contributed by atoms with E-state index in [-0.39, 0.29) is 12.6 Å². The number of nitrogens with one attached hydrogen (secondary N) is 1. The second-order valence-electron chi connectivity index (χ2n) is 5.42. The molecule has 4 heteroatoms. The first-order chi connectivity index (χ1) is 9.76. The zero-order chi connectivity index (χ0) is 15.1. The quantitative estimate of drug-likeness (QED) is 0.509. The van der Waals surface area contributed by atoms with Crippen LogP contribution in [0.2, 0.25) is 0 Å². The summed E-state index contributed by atoms with van der Waals surface area (Å²) in [5.41, 5.74) is 0. The molecule has 0 aromatic heterocycles. The third kappa shape index (κ3) is 11.1. The molecule has 0 saturated heterocycles. The molecule has 4 nitrogen and oxygen atoms in total. The highest BCUT2D eigenvalue weighted by atomic mass is 16.3. The molecule has 0 atom stereocenters. The number of amides is 2. The van der Waals surface area contributed by atoms with E-state index < -0.39 is 0 Å². The molecular formula is C16H34N2O2. The summed E-state index contributed by atoms with van der Waals surface area (Å²) in [5.74, 6) is 0. The molecule has 20 heavy (non-hydrogen) atoms. The number of hydrogen-bond donors (Lipinski definition) is 2. The van der Waals surface area contributed by atoms with Crippen LogP contribution in [0.4, 0.5) is 4.79 Å². The van der Waals surface area contributed by atoms with Crippen LogP contribution in [-0.4, -0.2) is 42.3 Å². The van der Waals surface area contributed by atoms with E-state index in [0.29, 0.717) is 13.0 Å². The minimum Gasteiger partial charge on any atom is -0.396 e. The van der Waals surface area contributed by atoms with Gasteiger partial charge in [0, 0.05) is 26.2 Å². The van der Waals surface area contributed by atoms with Crippen molar-refractivity contribution in [2.24, 2.45) is 0 Å². The Balaban J connectivity index is 3.98. The Morgan fingerprint density at radius 2 is 1.45 bits per heavy atom. The van der Waals surface area contributed by atoms with Gasteiger partial charge in [0.15, 0.2) is 0 Å². The first-order valence-corrected chi connectivity index (χ1v) is 8.39. The molecule has 120 valence electrons. The largest absolute Gasteiger partial charge is 0.396 e. The predicted molar refractivity (Wildman–Crippen MR) is 85.0 cm³/mol. The standard InChI is InChI=1S/C16H34N2O2/c1-3-5-7-9-13-18(14-10-8-6-4-2)16(20)17-12-11-15-19/h19H,3-15H2,1-2H3,(H,17,20). The number of carbonyl (C=O) groups excluding carboxylic acids is 1. The van der Waals surface area contributed by atoms with Crippen molar-refractivity contribution in [3.05, 3.63) is 0 Å². The molecule has 0 aliphatic rings. The number of unbranched alkanes of at least 4 members (excludes halogenated alkanes) is 6. The predicted octanol–water partition coefficient (Wildman–Crippen LogP) is 3.54. The fraction of sp³-hybridized carbons (Fsp3) is 0.938. The van der Waals surface area contributed by atoms with E-state index in [1.807, 2.05) is 4.90 Å². The average molecular weight is 286 g/mol. The molecule has 0 radical (unpaired) electrons. The molecule has 0 saturated carbocycles. The summed E-state index contributed by atoms with van der Waals surface area (Å²) < 4.78 is 0. The normalized spacial score (nSPS) is 10.6. The van der Waals surface area contributed by atoms with Crippen LogP contribution in [0.25, 0.3) is 0 Å². The smallest absolute Gasteiger partial charge is 0.317 e. The minimum absolute atomic E-state index is 0.0337. The van der Waals surface area contributed by atoms with Gasteiger partial charge in [-0.2, -0.15) is 0 Å². The lowest BCUT2D eigenvalue weighted by molar-refractivity contribution is 0.193. The lowest BCUT2D eigenvalue weighted by atomic mass is 10.2. The monoisotopic (exact) mass is 286 g/mol. The van der Waals surface area contributed by atoms with Crippen molar-refractivity contribution in [2.45, 2.75) is 71.6 Å². The molecule has 0 spiro atoms. The Morgan fingerprint density at radius 1 is 0.900 bits per heavy atom. The Bertz CT molecular complexity index is 211. The molecule has 0 rings (SSSR count). The minimum atomic E-state index is 0.0337. The highest BCUT2D eigenvalue weighted by Gasteiger charge is 2.11. The number of aliphatic hydroxyl groups excluding tert-OH is 1.